The Bertz CT molecular complexity index is 594. The maximum Gasteiger partial charge on any atom is 0.126 e. The van der Waals surface area contributed by atoms with E-state index in [0.717, 1.165) is 11.5 Å². The van der Waals surface area contributed by atoms with Crippen molar-refractivity contribution in [1.82, 2.24) is 15.3 Å². The van der Waals surface area contributed by atoms with Crippen molar-refractivity contribution in [2.24, 2.45) is 0 Å². The van der Waals surface area contributed by atoms with Gasteiger partial charge in [-0.3, -0.25) is 0 Å². The maximum atomic E-state index is 4.51. The molecule has 3 heteroatoms. The molecule has 2 rings (SSSR count). The van der Waals surface area contributed by atoms with E-state index in [1.54, 1.807) is 0 Å². The van der Waals surface area contributed by atoms with E-state index in [0.29, 0.717) is 0 Å². The van der Waals surface area contributed by atoms with E-state index in [2.05, 4.69) is 62.0 Å². The molecular formula is C16H23N3. The summed E-state index contributed by atoms with van der Waals surface area (Å²) < 4.78 is 0. The van der Waals surface area contributed by atoms with Crippen LogP contribution in [0.25, 0.3) is 11.3 Å². The lowest BCUT2D eigenvalue weighted by atomic mass is 9.97. The van der Waals surface area contributed by atoms with Crippen LogP contribution in [0.3, 0.4) is 0 Å². The van der Waals surface area contributed by atoms with Gasteiger partial charge in [0.25, 0.3) is 0 Å². The number of imidazole rings is 1. The molecule has 102 valence electrons. The first-order valence-corrected chi connectivity index (χ1v) is 6.68. The number of nitrogens with zero attached hydrogens (tertiary/aromatic N) is 1. The van der Waals surface area contributed by atoms with Crippen LogP contribution < -0.4 is 5.32 Å². The average molecular weight is 257 g/mol. The zero-order valence-corrected chi connectivity index (χ0v) is 12.7. The van der Waals surface area contributed by atoms with E-state index >= 15 is 0 Å². The number of benzene rings is 1. The van der Waals surface area contributed by atoms with Crippen LogP contribution in [0.1, 0.15) is 36.4 Å². The highest BCUT2D eigenvalue weighted by atomic mass is 15.0. The summed E-state index contributed by atoms with van der Waals surface area (Å²) in [5.74, 6) is 0.961. The third-order valence-corrected chi connectivity index (χ3v) is 4.14. The van der Waals surface area contributed by atoms with Crippen LogP contribution in [-0.4, -0.2) is 17.0 Å². The van der Waals surface area contributed by atoms with Crippen LogP contribution in [-0.2, 0) is 5.54 Å². The van der Waals surface area contributed by atoms with Crippen molar-refractivity contribution >= 4 is 0 Å². The molecule has 0 amide bonds. The lowest BCUT2D eigenvalue weighted by molar-refractivity contribution is 0.421. The first-order chi connectivity index (χ1) is 8.86. The van der Waals surface area contributed by atoms with Crippen LogP contribution in [0, 0.1) is 20.8 Å². The van der Waals surface area contributed by atoms with Crippen molar-refractivity contribution < 1.29 is 0 Å². The second-order valence-corrected chi connectivity index (χ2v) is 5.70. The van der Waals surface area contributed by atoms with E-state index in [9.17, 15) is 0 Å². The van der Waals surface area contributed by atoms with Gasteiger partial charge in [0.1, 0.15) is 5.82 Å². The van der Waals surface area contributed by atoms with Gasteiger partial charge >= 0.3 is 0 Å². The van der Waals surface area contributed by atoms with Gasteiger partial charge in [0, 0.05) is 5.56 Å². The van der Waals surface area contributed by atoms with E-state index in [1.807, 2.05) is 13.2 Å². The predicted molar refractivity (Wildman–Crippen MR) is 80.3 cm³/mol. The van der Waals surface area contributed by atoms with Gasteiger partial charge in [-0.1, -0.05) is 12.1 Å². The molecule has 0 spiro atoms. The van der Waals surface area contributed by atoms with Crippen LogP contribution in [0.15, 0.2) is 18.3 Å². The molecule has 0 aliphatic heterocycles. The number of nitrogens with one attached hydrogen (secondary N) is 2. The molecule has 1 aromatic carbocycles. The van der Waals surface area contributed by atoms with E-state index < -0.39 is 0 Å². The summed E-state index contributed by atoms with van der Waals surface area (Å²) in [6, 6.07) is 4.34. The van der Waals surface area contributed by atoms with Crippen LogP contribution in [0.5, 0.6) is 0 Å². The predicted octanol–water partition coefficient (Wildman–Crippen LogP) is 3.46. The quantitative estimate of drug-likeness (QED) is 0.884. The molecular weight excluding hydrogens is 234 g/mol. The fourth-order valence-corrected chi connectivity index (χ4v) is 2.14. The molecule has 19 heavy (non-hydrogen) atoms. The SMILES string of the molecule is CNC(C)(C)c1ncc(-c2ccc(C)c(C)c2C)[nH]1. The molecule has 0 saturated carbocycles. The van der Waals surface area contributed by atoms with Gasteiger partial charge in [-0.05, 0) is 58.4 Å². The largest absolute Gasteiger partial charge is 0.340 e. The third-order valence-electron chi connectivity index (χ3n) is 4.14. The lowest BCUT2D eigenvalue weighted by Crippen LogP contribution is -2.34. The minimum atomic E-state index is -0.147. The van der Waals surface area contributed by atoms with Gasteiger partial charge in [0.05, 0.1) is 17.4 Å². The first-order valence-electron chi connectivity index (χ1n) is 6.68. The Labute approximate surface area is 115 Å². The minimum absolute atomic E-state index is 0.147. The zero-order valence-electron chi connectivity index (χ0n) is 12.7. The Morgan fingerprint density at radius 2 is 1.79 bits per heavy atom. The molecule has 0 radical (unpaired) electrons. The number of hydrogen-bond donors (Lipinski definition) is 2. The van der Waals surface area contributed by atoms with Crippen LogP contribution in [0.4, 0.5) is 0 Å². The Hall–Kier alpha value is -1.61. The third kappa shape index (κ3) is 2.43. The van der Waals surface area contributed by atoms with Crippen molar-refractivity contribution in [2.45, 2.75) is 40.2 Å². The van der Waals surface area contributed by atoms with Crippen LogP contribution in [0.2, 0.25) is 0 Å². The second-order valence-electron chi connectivity index (χ2n) is 5.70. The standard InChI is InChI=1S/C16H23N3/c1-10-7-8-13(12(3)11(10)2)14-9-18-15(19-14)16(4,5)17-6/h7-9,17H,1-6H3,(H,18,19). The van der Waals surface area contributed by atoms with Crippen molar-refractivity contribution in [3.63, 3.8) is 0 Å². The van der Waals surface area contributed by atoms with E-state index in [1.165, 1.54) is 22.3 Å². The summed E-state index contributed by atoms with van der Waals surface area (Å²) in [5, 5.41) is 3.26. The lowest BCUT2D eigenvalue weighted by Gasteiger charge is -2.21. The zero-order chi connectivity index (χ0) is 14.2. The summed E-state index contributed by atoms with van der Waals surface area (Å²) >= 11 is 0. The van der Waals surface area contributed by atoms with Gasteiger partial charge in [-0.25, -0.2) is 4.98 Å². The molecule has 0 saturated heterocycles. The van der Waals surface area contributed by atoms with Crippen molar-refractivity contribution in [3.05, 3.63) is 40.8 Å². The van der Waals surface area contributed by atoms with Gasteiger partial charge in [-0.2, -0.15) is 0 Å². The molecule has 1 heterocycles. The minimum Gasteiger partial charge on any atom is -0.340 e. The maximum absolute atomic E-state index is 4.51. The topological polar surface area (TPSA) is 40.7 Å². The highest BCUT2D eigenvalue weighted by Gasteiger charge is 2.22. The van der Waals surface area contributed by atoms with Gasteiger partial charge in [0.2, 0.25) is 0 Å². The smallest absolute Gasteiger partial charge is 0.126 e. The fraction of sp³-hybridized carbons (Fsp3) is 0.438. The Morgan fingerprint density at radius 1 is 1.11 bits per heavy atom. The molecule has 0 fully saturated rings. The van der Waals surface area contributed by atoms with Crippen LogP contribution >= 0.6 is 0 Å². The molecule has 0 bridgehead atoms. The first kappa shape index (κ1) is 13.8. The molecule has 0 atom stereocenters. The summed E-state index contributed by atoms with van der Waals surface area (Å²) in [5.41, 5.74) is 6.16. The van der Waals surface area contributed by atoms with Gasteiger partial charge in [0.15, 0.2) is 0 Å². The van der Waals surface area contributed by atoms with Crippen molar-refractivity contribution in [1.29, 1.82) is 0 Å². The summed E-state index contributed by atoms with van der Waals surface area (Å²) in [6.07, 6.45) is 1.92. The molecule has 0 aliphatic rings. The number of hydrogen-bond acceptors (Lipinski definition) is 2. The number of aromatic amines is 1. The summed E-state index contributed by atoms with van der Waals surface area (Å²) in [6.45, 7) is 10.7. The fourth-order valence-electron chi connectivity index (χ4n) is 2.14. The number of aryl methyl sites for hydroxylation is 1. The summed E-state index contributed by atoms with van der Waals surface area (Å²) in [7, 11) is 1.95. The van der Waals surface area contributed by atoms with Gasteiger partial charge in [-0.15, -0.1) is 0 Å². The average Bonchev–Trinajstić information content (AvgIpc) is 2.86. The Morgan fingerprint density at radius 3 is 2.42 bits per heavy atom. The number of aromatic nitrogens is 2. The molecule has 2 N–H and O–H groups in total. The van der Waals surface area contributed by atoms with Crippen molar-refractivity contribution in [3.8, 4) is 11.3 Å². The molecule has 0 aliphatic carbocycles. The monoisotopic (exact) mass is 257 g/mol. The molecule has 1 aromatic heterocycles. The highest BCUT2D eigenvalue weighted by molar-refractivity contribution is 5.65. The number of H-pyrrole nitrogens is 1. The second kappa shape index (κ2) is 4.82. The number of rotatable bonds is 3. The normalized spacial score (nSPS) is 11.9. The Balaban J connectivity index is 2.47. The Kier molecular flexibility index (Phi) is 3.50. The molecule has 3 nitrogen and oxygen atoms in total. The van der Waals surface area contributed by atoms with Gasteiger partial charge < -0.3 is 10.3 Å². The highest BCUT2D eigenvalue weighted by Crippen LogP contribution is 2.27. The van der Waals surface area contributed by atoms with Crippen molar-refractivity contribution in [2.75, 3.05) is 7.05 Å². The van der Waals surface area contributed by atoms with E-state index in [4.69, 9.17) is 0 Å². The molecule has 2 aromatic rings. The summed E-state index contributed by atoms with van der Waals surface area (Å²) in [4.78, 5) is 7.94. The molecule has 0 unspecified atom stereocenters. The van der Waals surface area contributed by atoms with E-state index in [-0.39, 0.29) is 5.54 Å².